The van der Waals surface area contributed by atoms with Gasteiger partial charge in [-0.1, -0.05) is 122 Å². The van der Waals surface area contributed by atoms with Gasteiger partial charge in [0.15, 0.2) is 0 Å². The molecule has 0 amide bonds. The lowest BCUT2D eigenvalue weighted by Gasteiger charge is -2.12. The minimum Gasteiger partial charge on any atom is -0.481 e. The summed E-state index contributed by atoms with van der Waals surface area (Å²) in [6, 6.07) is 39.8. The molecule has 0 saturated carbocycles. The molecule has 1 N–H and O–H groups in total. The molecule has 0 spiro atoms. The van der Waals surface area contributed by atoms with Crippen LogP contribution < -0.4 is 0 Å². The van der Waals surface area contributed by atoms with Crippen molar-refractivity contribution in [3.63, 3.8) is 0 Å². The van der Waals surface area contributed by atoms with E-state index in [1.165, 1.54) is 41.5 Å². The van der Waals surface area contributed by atoms with Gasteiger partial charge < -0.3 is 5.11 Å². The number of carbonyl (C=O) groups is 1. The van der Waals surface area contributed by atoms with E-state index in [1.54, 1.807) is 6.92 Å². The number of carboxylic acids is 1. The fourth-order valence-corrected chi connectivity index (χ4v) is 4.07. The maximum absolute atomic E-state index is 10.5. The second kappa shape index (κ2) is 13.9. The Balaban J connectivity index is 0.000000261. The van der Waals surface area contributed by atoms with Gasteiger partial charge in [0.1, 0.15) is 0 Å². The van der Waals surface area contributed by atoms with Crippen molar-refractivity contribution in [2.75, 3.05) is 0 Å². The number of carboxylic acid groups (broad SMARTS) is 1. The van der Waals surface area contributed by atoms with Gasteiger partial charge >= 0.3 is 5.97 Å². The Morgan fingerprint density at radius 2 is 1.09 bits per heavy atom. The van der Waals surface area contributed by atoms with Crippen molar-refractivity contribution in [1.29, 1.82) is 0 Å². The summed E-state index contributed by atoms with van der Waals surface area (Å²) in [6.07, 6.45) is 4.60. The first-order valence-electron chi connectivity index (χ1n) is 12.4. The molecule has 4 aromatic carbocycles. The van der Waals surface area contributed by atoms with Gasteiger partial charge in [-0.25, -0.2) is 0 Å². The molecule has 0 aliphatic carbocycles. The van der Waals surface area contributed by atoms with Gasteiger partial charge in [0.05, 0.1) is 5.92 Å². The van der Waals surface area contributed by atoms with Crippen LogP contribution in [0.5, 0.6) is 0 Å². The van der Waals surface area contributed by atoms with Crippen molar-refractivity contribution in [2.24, 2.45) is 5.92 Å². The lowest BCUT2D eigenvalue weighted by atomic mass is 9.93. The molecule has 180 valence electrons. The summed E-state index contributed by atoms with van der Waals surface area (Å²) in [5.74, 6) is -0.474. The molecule has 0 aliphatic heterocycles. The second-order valence-corrected chi connectivity index (χ2v) is 9.28. The van der Waals surface area contributed by atoms with E-state index in [2.05, 4.69) is 91.9 Å². The standard InChI is InChI=1S/C24H26.C9H10O2/c1-20(12-13-21-8-4-2-5-9-21)18-23-14-16-24(17-15-23)19-22-10-6-3-7-11-22;1-7(9(10)11)8-5-3-2-4-6-8/h2-11,14-17,20H,12-13,18-19H2,1H3;2-7H,1H3,(H,10,11)/t;7-/m.0/s1. The largest absolute Gasteiger partial charge is 0.481 e. The molecule has 4 rings (SSSR count). The van der Waals surface area contributed by atoms with E-state index in [0.29, 0.717) is 5.92 Å². The van der Waals surface area contributed by atoms with Crippen LogP contribution in [0.2, 0.25) is 0 Å². The van der Waals surface area contributed by atoms with Crippen LogP contribution in [-0.4, -0.2) is 11.1 Å². The maximum Gasteiger partial charge on any atom is 0.310 e. The molecule has 0 fully saturated rings. The van der Waals surface area contributed by atoms with Crippen molar-refractivity contribution in [2.45, 2.75) is 45.4 Å². The Morgan fingerprint density at radius 1 is 0.629 bits per heavy atom. The van der Waals surface area contributed by atoms with Crippen LogP contribution in [-0.2, 0) is 24.1 Å². The minimum absolute atomic E-state index is 0.406. The third-order valence-corrected chi connectivity index (χ3v) is 6.30. The van der Waals surface area contributed by atoms with Crippen molar-refractivity contribution < 1.29 is 9.90 Å². The van der Waals surface area contributed by atoms with Crippen LogP contribution in [0, 0.1) is 5.92 Å². The summed E-state index contributed by atoms with van der Waals surface area (Å²) in [7, 11) is 0. The first-order chi connectivity index (χ1) is 17.0. The maximum atomic E-state index is 10.5. The van der Waals surface area contributed by atoms with Gasteiger partial charge in [0.25, 0.3) is 0 Å². The number of hydrogen-bond donors (Lipinski definition) is 1. The van der Waals surface area contributed by atoms with E-state index >= 15 is 0 Å². The van der Waals surface area contributed by atoms with Crippen molar-refractivity contribution in [3.05, 3.63) is 143 Å². The van der Waals surface area contributed by atoms with Crippen molar-refractivity contribution in [3.8, 4) is 0 Å². The molecule has 0 aliphatic rings. The summed E-state index contributed by atoms with van der Waals surface area (Å²) in [6.45, 7) is 4.04. The molecule has 35 heavy (non-hydrogen) atoms. The van der Waals surface area contributed by atoms with Gasteiger partial charge in [-0.05, 0) is 66.3 Å². The molecule has 2 nitrogen and oxygen atoms in total. The molecule has 0 saturated heterocycles. The molecular formula is C33H36O2. The molecule has 4 aromatic rings. The molecule has 0 aromatic heterocycles. The van der Waals surface area contributed by atoms with Crippen LogP contribution in [0.4, 0.5) is 0 Å². The zero-order valence-electron chi connectivity index (χ0n) is 20.8. The van der Waals surface area contributed by atoms with E-state index in [-0.39, 0.29) is 0 Å². The summed E-state index contributed by atoms with van der Waals surface area (Å²) in [4.78, 5) is 10.5. The van der Waals surface area contributed by atoms with Gasteiger partial charge in [-0.2, -0.15) is 0 Å². The van der Waals surface area contributed by atoms with Crippen LogP contribution >= 0.6 is 0 Å². The molecular weight excluding hydrogens is 428 g/mol. The van der Waals surface area contributed by atoms with Crippen molar-refractivity contribution >= 4 is 5.97 Å². The normalized spacial score (nSPS) is 12.2. The number of aliphatic carboxylic acids is 1. The third-order valence-electron chi connectivity index (χ3n) is 6.30. The third kappa shape index (κ3) is 9.25. The summed E-state index contributed by atoms with van der Waals surface area (Å²) in [5.41, 5.74) is 6.51. The van der Waals surface area contributed by atoms with Crippen LogP contribution in [0.3, 0.4) is 0 Å². The highest BCUT2D eigenvalue weighted by Crippen LogP contribution is 2.17. The molecule has 0 heterocycles. The van der Waals surface area contributed by atoms with E-state index < -0.39 is 11.9 Å². The average molecular weight is 465 g/mol. The fourth-order valence-electron chi connectivity index (χ4n) is 4.07. The Labute approximate surface area is 210 Å². The van der Waals surface area contributed by atoms with E-state index in [1.807, 2.05) is 30.3 Å². The molecule has 0 bridgehead atoms. The molecule has 2 atom stereocenters. The monoisotopic (exact) mass is 464 g/mol. The predicted molar refractivity (Wildman–Crippen MR) is 146 cm³/mol. The Kier molecular flexibility index (Phi) is 10.3. The van der Waals surface area contributed by atoms with Crippen molar-refractivity contribution in [1.82, 2.24) is 0 Å². The number of rotatable bonds is 9. The molecule has 0 radical (unpaired) electrons. The summed E-state index contributed by atoms with van der Waals surface area (Å²) >= 11 is 0. The first-order valence-corrected chi connectivity index (χ1v) is 12.4. The van der Waals surface area contributed by atoms with E-state index in [4.69, 9.17) is 5.11 Å². The Morgan fingerprint density at radius 3 is 1.63 bits per heavy atom. The zero-order valence-corrected chi connectivity index (χ0v) is 20.8. The van der Waals surface area contributed by atoms with Crippen LogP contribution in [0.15, 0.2) is 115 Å². The number of benzene rings is 4. The van der Waals surface area contributed by atoms with Gasteiger partial charge in [0.2, 0.25) is 0 Å². The Bertz CT molecular complexity index is 1120. The summed E-state index contributed by atoms with van der Waals surface area (Å²) < 4.78 is 0. The topological polar surface area (TPSA) is 37.3 Å². The van der Waals surface area contributed by atoms with Gasteiger partial charge in [-0.15, -0.1) is 0 Å². The highest BCUT2D eigenvalue weighted by Gasteiger charge is 2.11. The quantitative estimate of drug-likeness (QED) is 0.273. The first kappa shape index (κ1) is 26.0. The lowest BCUT2D eigenvalue weighted by molar-refractivity contribution is -0.138. The molecule has 1 unspecified atom stereocenters. The average Bonchev–Trinajstić information content (AvgIpc) is 2.90. The highest BCUT2D eigenvalue weighted by atomic mass is 16.4. The number of hydrogen-bond acceptors (Lipinski definition) is 1. The van der Waals surface area contributed by atoms with E-state index in [0.717, 1.165) is 12.0 Å². The lowest BCUT2D eigenvalue weighted by Crippen LogP contribution is -2.06. The zero-order chi connectivity index (χ0) is 24.9. The van der Waals surface area contributed by atoms with Gasteiger partial charge in [-0.3, -0.25) is 4.79 Å². The fraction of sp³-hybridized carbons (Fsp3) is 0.242. The predicted octanol–water partition coefficient (Wildman–Crippen LogP) is 7.96. The van der Waals surface area contributed by atoms with Crippen LogP contribution in [0.25, 0.3) is 0 Å². The number of aryl methyl sites for hydroxylation is 1. The summed E-state index contributed by atoms with van der Waals surface area (Å²) in [5, 5.41) is 8.64. The molecule has 2 heteroatoms. The Hall–Kier alpha value is -3.65. The SMILES string of the molecule is CC(CCc1ccccc1)Cc1ccc(Cc2ccccc2)cc1.C[C@H](C(=O)O)c1ccccc1. The minimum atomic E-state index is -0.781. The van der Waals surface area contributed by atoms with E-state index in [9.17, 15) is 4.79 Å². The highest BCUT2D eigenvalue weighted by molar-refractivity contribution is 5.75. The van der Waals surface area contributed by atoms with Gasteiger partial charge in [0, 0.05) is 0 Å². The smallest absolute Gasteiger partial charge is 0.310 e. The van der Waals surface area contributed by atoms with Crippen LogP contribution in [0.1, 0.15) is 54.0 Å². The second-order valence-electron chi connectivity index (χ2n) is 9.28.